The number of carbonyl (C=O) groups is 1. The molecule has 0 bridgehead atoms. The van der Waals surface area contributed by atoms with Crippen LogP contribution in [0.3, 0.4) is 0 Å². The predicted molar refractivity (Wildman–Crippen MR) is 56.1 cm³/mol. The van der Waals surface area contributed by atoms with Gasteiger partial charge >= 0.3 is 5.97 Å². The Morgan fingerprint density at radius 1 is 1.21 bits per heavy atom. The molecular formula is C11H22O3. The molecule has 0 radical (unpaired) electrons. The molecule has 14 heavy (non-hydrogen) atoms. The van der Waals surface area contributed by atoms with Gasteiger partial charge in [0.1, 0.15) is 6.61 Å². The van der Waals surface area contributed by atoms with Crippen LogP contribution in [0, 0.1) is 5.92 Å². The fourth-order valence-electron chi connectivity index (χ4n) is 0.980. The highest BCUT2D eigenvalue weighted by molar-refractivity contribution is 5.71. The van der Waals surface area contributed by atoms with Gasteiger partial charge in [-0.15, -0.1) is 0 Å². The first-order chi connectivity index (χ1) is 6.47. The lowest BCUT2D eigenvalue weighted by atomic mass is 10.2. The zero-order valence-corrected chi connectivity index (χ0v) is 9.87. The van der Waals surface area contributed by atoms with Gasteiger partial charge in [-0.3, -0.25) is 4.79 Å². The van der Waals surface area contributed by atoms with E-state index >= 15 is 0 Å². The van der Waals surface area contributed by atoms with Gasteiger partial charge in [-0.05, 0) is 20.3 Å². The lowest BCUT2D eigenvalue weighted by Gasteiger charge is -2.19. The fourth-order valence-corrected chi connectivity index (χ4v) is 0.980. The highest BCUT2D eigenvalue weighted by Crippen LogP contribution is 2.05. The Kier molecular flexibility index (Phi) is 6.54. The second-order valence-electron chi connectivity index (χ2n) is 4.00. The van der Waals surface area contributed by atoms with Gasteiger partial charge in [0, 0.05) is 0 Å². The maximum atomic E-state index is 11.2. The fraction of sp³-hybridized carbons (Fsp3) is 0.909. The van der Waals surface area contributed by atoms with E-state index in [1.807, 2.05) is 34.6 Å². The second kappa shape index (κ2) is 6.82. The summed E-state index contributed by atoms with van der Waals surface area (Å²) in [4.78, 5) is 11.2. The van der Waals surface area contributed by atoms with Crippen LogP contribution >= 0.6 is 0 Å². The highest BCUT2D eigenvalue weighted by Gasteiger charge is 2.13. The molecule has 0 aromatic rings. The van der Waals surface area contributed by atoms with Gasteiger partial charge in [-0.1, -0.05) is 20.8 Å². The van der Waals surface area contributed by atoms with Gasteiger partial charge in [0.15, 0.2) is 0 Å². The topological polar surface area (TPSA) is 35.5 Å². The van der Waals surface area contributed by atoms with Crippen LogP contribution in [0.1, 0.15) is 41.0 Å². The molecule has 1 atom stereocenters. The van der Waals surface area contributed by atoms with Crippen molar-refractivity contribution in [3.8, 4) is 0 Å². The van der Waals surface area contributed by atoms with Crippen molar-refractivity contribution >= 4 is 5.97 Å². The van der Waals surface area contributed by atoms with Gasteiger partial charge in [0.05, 0.1) is 18.1 Å². The Morgan fingerprint density at radius 3 is 2.14 bits per heavy atom. The summed E-state index contributed by atoms with van der Waals surface area (Å²) in [6.07, 6.45) is 1.07. The summed E-state index contributed by atoms with van der Waals surface area (Å²) in [5.41, 5.74) is 0. The Morgan fingerprint density at radius 2 is 1.79 bits per heavy atom. The SMILES string of the molecule is CCC(COC(=O)C(C)C)OC(C)C. The molecule has 0 aromatic carbocycles. The van der Waals surface area contributed by atoms with Crippen LogP contribution in [0.15, 0.2) is 0 Å². The molecule has 0 aromatic heterocycles. The standard InChI is InChI=1S/C11H22O3/c1-6-10(14-9(4)5)7-13-11(12)8(2)3/h8-10H,6-7H2,1-5H3. The van der Waals surface area contributed by atoms with Crippen molar-refractivity contribution in [2.24, 2.45) is 5.92 Å². The molecule has 0 aliphatic carbocycles. The zero-order chi connectivity index (χ0) is 11.1. The second-order valence-corrected chi connectivity index (χ2v) is 4.00. The molecule has 0 saturated heterocycles. The summed E-state index contributed by atoms with van der Waals surface area (Å²) < 4.78 is 10.6. The third kappa shape index (κ3) is 5.97. The third-order valence-corrected chi connectivity index (χ3v) is 1.80. The van der Waals surface area contributed by atoms with Crippen molar-refractivity contribution in [2.45, 2.75) is 53.2 Å². The minimum absolute atomic E-state index is 0.0256. The van der Waals surface area contributed by atoms with Gasteiger partial charge in [0.2, 0.25) is 0 Å². The van der Waals surface area contributed by atoms with E-state index in [-0.39, 0.29) is 24.1 Å². The Labute approximate surface area is 86.8 Å². The number of carbonyl (C=O) groups excluding carboxylic acids is 1. The van der Waals surface area contributed by atoms with Gasteiger partial charge < -0.3 is 9.47 Å². The summed E-state index contributed by atoms with van der Waals surface area (Å²) >= 11 is 0. The van der Waals surface area contributed by atoms with E-state index in [2.05, 4.69) is 0 Å². The van der Waals surface area contributed by atoms with Crippen LogP contribution in [0.5, 0.6) is 0 Å². The molecule has 84 valence electrons. The quantitative estimate of drug-likeness (QED) is 0.620. The maximum Gasteiger partial charge on any atom is 0.308 e. The molecule has 0 rings (SSSR count). The van der Waals surface area contributed by atoms with Crippen molar-refractivity contribution < 1.29 is 14.3 Å². The normalized spacial score (nSPS) is 13.4. The van der Waals surface area contributed by atoms with E-state index in [0.29, 0.717) is 6.61 Å². The lowest BCUT2D eigenvalue weighted by Crippen LogP contribution is -2.25. The molecule has 0 heterocycles. The molecule has 0 spiro atoms. The zero-order valence-electron chi connectivity index (χ0n) is 9.87. The Hall–Kier alpha value is -0.570. The number of ether oxygens (including phenoxy) is 2. The summed E-state index contributed by atoms with van der Waals surface area (Å²) in [7, 11) is 0. The van der Waals surface area contributed by atoms with E-state index in [1.165, 1.54) is 0 Å². The highest BCUT2D eigenvalue weighted by atomic mass is 16.6. The summed E-state index contributed by atoms with van der Waals surface area (Å²) in [6.45, 7) is 10.0. The summed E-state index contributed by atoms with van der Waals surface area (Å²) in [6, 6.07) is 0. The Bertz CT molecular complexity index is 164. The Balaban J connectivity index is 3.78. The van der Waals surface area contributed by atoms with Crippen LogP contribution < -0.4 is 0 Å². The minimum Gasteiger partial charge on any atom is -0.463 e. The van der Waals surface area contributed by atoms with Crippen molar-refractivity contribution in [1.82, 2.24) is 0 Å². The molecule has 3 heteroatoms. The first-order valence-electron chi connectivity index (χ1n) is 5.29. The number of esters is 1. The first kappa shape index (κ1) is 13.4. The van der Waals surface area contributed by atoms with Crippen molar-refractivity contribution in [1.29, 1.82) is 0 Å². The molecule has 3 nitrogen and oxygen atoms in total. The van der Waals surface area contributed by atoms with Crippen molar-refractivity contribution in [3.63, 3.8) is 0 Å². The molecule has 0 saturated carbocycles. The van der Waals surface area contributed by atoms with E-state index in [9.17, 15) is 4.79 Å². The largest absolute Gasteiger partial charge is 0.463 e. The molecule has 0 aliphatic heterocycles. The summed E-state index contributed by atoms with van der Waals surface area (Å²) in [5, 5.41) is 0. The molecule has 0 N–H and O–H groups in total. The molecule has 0 amide bonds. The van der Waals surface area contributed by atoms with Crippen LogP contribution in [0.4, 0.5) is 0 Å². The van der Waals surface area contributed by atoms with E-state index < -0.39 is 0 Å². The average molecular weight is 202 g/mol. The minimum atomic E-state index is -0.157. The monoisotopic (exact) mass is 202 g/mol. The van der Waals surface area contributed by atoms with Crippen LogP contribution in [0.2, 0.25) is 0 Å². The van der Waals surface area contributed by atoms with Gasteiger partial charge in [0.25, 0.3) is 0 Å². The maximum absolute atomic E-state index is 11.2. The van der Waals surface area contributed by atoms with Crippen LogP contribution in [-0.2, 0) is 14.3 Å². The molecular weight excluding hydrogens is 180 g/mol. The van der Waals surface area contributed by atoms with Crippen LogP contribution in [-0.4, -0.2) is 24.8 Å². The van der Waals surface area contributed by atoms with E-state index in [4.69, 9.17) is 9.47 Å². The van der Waals surface area contributed by atoms with Crippen molar-refractivity contribution in [3.05, 3.63) is 0 Å². The number of rotatable bonds is 6. The number of hydrogen-bond acceptors (Lipinski definition) is 3. The van der Waals surface area contributed by atoms with E-state index in [0.717, 1.165) is 6.42 Å². The molecule has 0 aliphatic rings. The summed E-state index contributed by atoms with van der Waals surface area (Å²) in [5.74, 6) is -0.220. The van der Waals surface area contributed by atoms with Crippen molar-refractivity contribution in [2.75, 3.05) is 6.61 Å². The van der Waals surface area contributed by atoms with Gasteiger partial charge in [-0.25, -0.2) is 0 Å². The smallest absolute Gasteiger partial charge is 0.308 e. The predicted octanol–water partition coefficient (Wildman–Crippen LogP) is 2.39. The lowest BCUT2D eigenvalue weighted by molar-refractivity contribution is -0.152. The molecule has 1 unspecified atom stereocenters. The third-order valence-electron chi connectivity index (χ3n) is 1.80. The average Bonchev–Trinajstić information content (AvgIpc) is 2.10. The number of hydrogen-bond donors (Lipinski definition) is 0. The van der Waals surface area contributed by atoms with Gasteiger partial charge in [-0.2, -0.15) is 0 Å². The van der Waals surface area contributed by atoms with E-state index in [1.54, 1.807) is 0 Å². The first-order valence-corrected chi connectivity index (χ1v) is 5.29. The molecule has 0 fully saturated rings. The van der Waals surface area contributed by atoms with Crippen LogP contribution in [0.25, 0.3) is 0 Å².